The Labute approximate surface area is 83.7 Å². The van der Waals surface area contributed by atoms with Crippen molar-refractivity contribution in [3.05, 3.63) is 23.8 Å². The summed E-state index contributed by atoms with van der Waals surface area (Å²) in [5, 5.41) is 3.10. The first kappa shape index (κ1) is 10.4. The molecule has 0 aliphatic carbocycles. The average molecular weight is 197 g/mol. The fraction of sp³-hybridized carbons (Fsp3) is 0.400. The predicted octanol–water partition coefficient (Wildman–Crippen LogP) is 2.27. The molecule has 1 N–H and O–H groups in total. The highest BCUT2D eigenvalue weighted by atomic mass is 32.2. The molecule has 0 bridgehead atoms. The Hall–Kier alpha value is -0.670. The standard InChI is InChI=1S/C10H15NOS/c1-8-6-9(12-3)4-5-10(8)13-7-11-2/h4-6,11H,7H2,1-3H3. The molecule has 0 heterocycles. The minimum Gasteiger partial charge on any atom is -0.497 e. The Kier molecular flexibility index (Phi) is 4.12. The van der Waals surface area contributed by atoms with Crippen LogP contribution in [0.3, 0.4) is 0 Å². The fourth-order valence-corrected chi connectivity index (χ4v) is 1.81. The molecule has 2 nitrogen and oxygen atoms in total. The maximum absolute atomic E-state index is 5.13. The van der Waals surface area contributed by atoms with Gasteiger partial charge in [0.15, 0.2) is 0 Å². The van der Waals surface area contributed by atoms with E-state index in [1.165, 1.54) is 10.5 Å². The lowest BCUT2D eigenvalue weighted by Crippen LogP contribution is -2.03. The second-order valence-electron chi connectivity index (χ2n) is 2.77. The summed E-state index contributed by atoms with van der Waals surface area (Å²) in [5.41, 5.74) is 1.26. The topological polar surface area (TPSA) is 21.3 Å². The van der Waals surface area contributed by atoms with E-state index >= 15 is 0 Å². The molecule has 0 saturated carbocycles. The molecule has 72 valence electrons. The monoisotopic (exact) mass is 197 g/mol. The first-order chi connectivity index (χ1) is 6.27. The zero-order valence-corrected chi connectivity index (χ0v) is 9.07. The number of rotatable bonds is 4. The van der Waals surface area contributed by atoms with Crippen LogP contribution in [0.4, 0.5) is 0 Å². The Bertz CT molecular complexity index is 276. The molecule has 0 amide bonds. The van der Waals surface area contributed by atoms with Crippen LogP contribution in [0.25, 0.3) is 0 Å². The summed E-state index contributed by atoms with van der Waals surface area (Å²) in [6.45, 7) is 2.10. The van der Waals surface area contributed by atoms with Crippen LogP contribution in [0.15, 0.2) is 23.1 Å². The van der Waals surface area contributed by atoms with Gasteiger partial charge in [-0.05, 0) is 37.7 Å². The molecule has 0 atom stereocenters. The second kappa shape index (κ2) is 5.14. The van der Waals surface area contributed by atoms with Gasteiger partial charge in [-0.15, -0.1) is 11.8 Å². The van der Waals surface area contributed by atoms with E-state index in [4.69, 9.17) is 4.74 Å². The summed E-state index contributed by atoms with van der Waals surface area (Å²) in [4.78, 5) is 1.30. The van der Waals surface area contributed by atoms with Crippen molar-refractivity contribution < 1.29 is 4.74 Å². The van der Waals surface area contributed by atoms with Gasteiger partial charge in [-0.25, -0.2) is 0 Å². The van der Waals surface area contributed by atoms with Gasteiger partial charge in [-0.1, -0.05) is 0 Å². The highest BCUT2D eigenvalue weighted by Crippen LogP contribution is 2.24. The first-order valence-corrected chi connectivity index (χ1v) is 5.18. The van der Waals surface area contributed by atoms with E-state index in [1.807, 2.05) is 13.1 Å². The molecule has 13 heavy (non-hydrogen) atoms. The third-order valence-corrected chi connectivity index (χ3v) is 2.96. The zero-order chi connectivity index (χ0) is 9.68. The largest absolute Gasteiger partial charge is 0.497 e. The van der Waals surface area contributed by atoms with Crippen molar-refractivity contribution in [2.24, 2.45) is 0 Å². The van der Waals surface area contributed by atoms with Gasteiger partial charge in [0, 0.05) is 10.8 Å². The Morgan fingerprint density at radius 3 is 2.77 bits per heavy atom. The normalized spacial score (nSPS) is 10.1. The Morgan fingerprint density at radius 2 is 2.23 bits per heavy atom. The van der Waals surface area contributed by atoms with Crippen molar-refractivity contribution in [2.75, 3.05) is 20.0 Å². The number of methoxy groups -OCH3 is 1. The summed E-state index contributed by atoms with van der Waals surface area (Å²) < 4.78 is 5.13. The first-order valence-electron chi connectivity index (χ1n) is 4.20. The lowest BCUT2D eigenvalue weighted by atomic mass is 10.2. The summed E-state index contributed by atoms with van der Waals surface area (Å²) in [6, 6.07) is 6.14. The molecule has 0 aliphatic heterocycles. The van der Waals surface area contributed by atoms with Crippen molar-refractivity contribution >= 4 is 11.8 Å². The fourth-order valence-electron chi connectivity index (χ4n) is 1.06. The van der Waals surface area contributed by atoms with Gasteiger partial charge in [0.25, 0.3) is 0 Å². The Morgan fingerprint density at radius 1 is 1.46 bits per heavy atom. The molecule has 0 radical (unpaired) electrons. The minimum atomic E-state index is 0.923. The molecule has 3 heteroatoms. The van der Waals surface area contributed by atoms with Crippen LogP contribution in [0.5, 0.6) is 5.75 Å². The van der Waals surface area contributed by atoms with Crippen LogP contribution >= 0.6 is 11.8 Å². The van der Waals surface area contributed by atoms with Gasteiger partial charge >= 0.3 is 0 Å². The number of nitrogens with one attached hydrogen (secondary N) is 1. The molecule has 0 saturated heterocycles. The summed E-state index contributed by atoms with van der Waals surface area (Å²) in [7, 11) is 3.64. The predicted molar refractivity (Wildman–Crippen MR) is 57.5 cm³/mol. The van der Waals surface area contributed by atoms with Crippen molar-refractivity contribution in [3.63, 3.8) is 0 Å². The number of hydrogen-bond acceptors (Lipinski definition) is 3. The van der Waals surface area contributed by atoms with Gasteiger partial charge in [0.1, 0.15) is 5.75 Å². The Balaban J connectivity index is 2.73. The summed E-state index contributed by atoms with van der Waals surface area (Å²) in [5.74, 6) is 1.86. The maximum Gasteiger partial charge on any atom is 0.119 e. The van der Waals surface area contributed by atoms with E-state index in [1.54, 1.807) is 18.9 Å². The number of ether oxygens (including phenoxy) is 1. The SMILES string of the molecule is CNCSc1ccc(OC)cc1C. The van der Waals surface area contributed by atoms with Crippen molar-refractivity contribution in [1.82, 2.24) is 5.32 Å². The number of thioether (sulfide) groups is 1. The highest BCUT2D eigenvalue weighted by molar-refractivity contribution is 7.99. The molecular formula is C10H15NOS. The molecule has 0 unspecified atom stereocenters. The van der Waals surface area contributed by atoms with Gasteiger partial charge in [-0.2, -0.15) is 0 Å². The number of hydrogen-bond donors (Lipinski definition) is 1. The van der Waals surface area contributed by atoms with E-state index in [0.29, 0.717) is 0 Å². The van der Waals surface area contributed by atoms with E-state index < -0.39 is 0 Å². The van der Waals surface area contributed by atoms with Gasteiger partial charge in [0.2, 0.25) is 0 Å². The van der Waals surface area contributed by atoms with E-state index in [9.17, 15) is 0 Å². The molecule has 0 aromatic heterocycles. The maximum atomic E-state index is 5.13. The molecule has 0 fully saturated rings. The van der Waals surface area contributed by atoms with Crippen molar-refractivity contribution in [1.29, 1.82) is 0 Å². The summed E-state index contributed by atoms with van der Waals surface area (Å²) >= 11 is 1.80. The second-order valence-corrected chi connectivity index (χ2v) is 3.79. The van der Waals surface area contributed by atoms with Crippen molar-refractivity contribution in [3.8, 4) is 5.75 Å². The third-order valence-electron chi connectivity index (χ3n) is 1.75. The summed E-state index contributed by atoms with van der Waals surface area (Å²) in [6.07, 6.45) is 0. The van der Waals surface area contributed by atoms with Crippen LogP contribution in [0.1, 0.15) is 5.56 Å². The molecule has 1 rings (SSSR count). The van der Waals surface area contributed by atoms with E-state index in [2.05, 4.69) is 24.4 Å². The van der Waals surface area contributed by atoms with Crippen LogP contribution in [0.2, 0.25) is 0 Å². The van der Waals surface area contributed by atoms with Crippen LogP contribution in [-0.4, -0.2) is 20.0 Å². The van der Waals surface area contributed by atoms with Gasteiger partial charge in [-0.3, -0.25) is 0 Å². The van der Waals surface area contributed by atoms with Gasteiger partial charge in [0.05, 0.1) is 7.11 Å². The van der Waals surface area contributed by atoms with Crippen LogP contribution in [-0.2, 0) is 0 Å². The zero-order valence-electron chi connectivity index (χ0n) is 8.26. The van der Waals surface area contributed by atoms with Crippen LogP contribution in [0, 0.1) is 6.92 Å². The lowest BCUT2D eigenvalue weighted by Gasteiger charge is -2.06. The number of benzene rings is 1. The van der Waals surface area contributed by atoms with Crippen molar-refractivity contribution in [2.45, 2.75) is 11.8 Å². The lowest BCUT2D eigenvalue weighted by molar-refractivity contribution is 0.414. The van der Waals surface area contributed by atoms with E-state index in [-0.39, 0.29) is 0 Å². The average Bonchev–Trinajstić information content (AvgIpc) is 2.16. The quantitative estimate of drug-likeness (QED) is 0.591. The van der Waals surface area contributed by atoms with Gasteiger partial charge < -0.3 is 10.1 Å². The molecule has 0 spiro atoms. The third kappa shape index (κ3) is 2.94. The smallest absolute Gasteiger partial charge is 0.119 e. The highest BCUT2D eigenvalue weighted by Gasteiger charge is 1.99. The van der Waals surface area contributed by atoms with Crippen LogP contribution < -0.4 is 10.1 Å². The van der Waals surface area contributed by atoms with E-state index in [0.717, 1.165) is 11.6 Å². The molecular weight excluding hydrogens is 182 g/mol. The molecule has 1 aromatic carbocycles. The number of aryl methyl sites for hydroxylation is 1. The molecule has 1 aromatic rings. The molecule has 0 aliphatic rings. The minimum absolute atomic E-state index is 0.923.